The Labute approximate surface area is 69.9 Å². The number of rotatable bonds is 5. The van der Waals surface area contributed by atoms with E-state index in [1.807, 2.05) is 0 Å². The number of hydrogen-bond donors (Lipinski definition) is 4. The van der Waals surface area contributed by atoms with Crippen molar-refractivity contribution in [2.24, 2.45) is 11.5 Å². The van der Waals surface area contributed by atoms with Crippen molar-refractivity contribution >= 4 is 11.8 Å². The maximum atomic E-state index is 10.9. The number of primary amides is 1. The van der Waals surface area contributed by atoms with Crippen molar-refractivity contribution in [1.82, 2.24) is 5.32 Å². The number of carbonyl (C=O) groups excluding carboxylic acids is 2. The molecule has 1 unspecified atom stereocenters. The summed E-state index contributed by atoms with van der Waals surface area (Å²) >= 11 is 0. The van der Waals surface area contributed by atoms with Gasteiger partial charge in [0.2, 0.25) is 11.8 Å². The van der Waals surface area contributed by atoms with Crippen LogP contribution in [0, 0.1) is 0 Å². The van der Waals surface area contributed by atoms with Crippen LogP contribution in [0.2, 0.25) is 0 Å². The van der Waals surface area contributed by atoms with Gasteiger partial charge in [-0.05, 0) is 0 Å². The smallest absolute Gasteiger partial charge is 0.237 e. The van der Waals surface area contributed by atoms with Gasteiger partial charge in [0.15, 0.2) is 0 Å². The van der Waals surface area contributed by atoms with E-state index in [4.69, 9.17) is 16.6 Å². The van der Waals surface area contributed by atoms with Crippen molar-refractivity contribution in [2.75, 3.05) is 13.2 Å². The number of aliphatic hydroxyl groups is 1. The standard InChI is InChI=1S/C6H13N3O3/c7-4(3-5(8)11)6(12)9-1-2-10/h4,10H,1-3,7H2,(H2,8,11)(H,9,12). The number of amides is 2. The quantitative estimate of drug-likeness (QED) is 0.363. The lowest BCUT2D eigenvalue weighted by atomic mass is 10.2. The van der Waals surface area contributed by atoms with Gasteiger partial charge in [0, 0.05) is 6.54 Å². The van der Waals surface area contributed by atoms with E-state index in [0.717, 1.165) is 0 Å². The summed E-state index contributed by atoms with van der Waals surface area (Å²) < 4.78 is 0. The Morgan fingerprint density at radius 1 is 1.50 bits per heavy atom. The highest BCUT2D eigenvalue weighted by Gasteiger charge is 2.14. The maximum Gasteiger partial charge on any atom is 0.237 e. The van der Waals surface area contributed by atoms with Crippen LogP contribution in [0.1, 0.15) is 6.42 Å². The molecule has 0 rings (SSSR count). The zero-order valence-corrected chi connectivity index (χ0v) is 6.62. The Hall–Kier alpha value is -1.14. The third kappa shape index (κ3) is 4.64. The van der Waals surface area contributed by atoms with Crippen molar-refractivity contribution in [3.05, 3.63) is 0 Å². The minimum Gasteiger partial charge on any atom is -0.395 e. The zero-order valence-electron chi connectivity index (χ0n) is 6.62. The molecule has 0 saturated heterocycles. The molecule has 0 saturated carbocycles. The van der Waals surface area contributed by atoms with E-state index < -0.39 is 17.9 Å². The predicted molar refractivity (Wildman–Crippen MR) is 41.9 cm³/mol. The molecular weight excluding hydrogens is 162 g/mol. The molecule has 2 amide bonds. The molecule has 0 aromatic carbocycles. The van der Waals surface area contributed by atoms with Gasteiger partial charge in [-0.2, -0.15) is 0 Å². The van der Waals surface area contributed by atoms with Gasteiger partial charge < -0.3 is 21.9 Å². The van der Waals surface area contributed by atoms with Gasteiger partial charge in [-0.25, -0.2) is 0 Å². The lowest BCUT2D eigenvalue weighted by Gasteiger charge is -2.08. The molecule has 6 heteroatoms. The monoisotopic (exact) mass is 175 g/mol. The van der Waals surface area contributed by atoms with Crippen LogP contribution in [0.3, 0.4) is 0 Å². The molecule has 12 heavy (non-hydrogen) atoms. The Morgan fingerprint density at radius 2 is 2.08 bits per heavy atom. The van der Waals surface area contributed by atoms with E-state index in [0.29, 0.717) is 0 Å². The van der Waals surface area contributed by atoms with Crippen molar-refractivity contribution in [2.45, 2.75) is 12.5 Å². The fraction of sp³-hybridized carbons (Fsp3) is 0.667. The fourth-order valence-electron chi connectivity index (χ4n) is 0.620. The molecular formula is C6H13N3O3. The second kappa shape index (κ2) is 5.50. The van der Waals surface area contributed by atoms with Crippen LogP contribution in [0.25, 0.3) is 0 Å². The molecule has 0 fully saturated rings. The Bertz CT molecular complexity index is 171. The molecule has 6 nitrogen and oxygen atoms in total. The molecule has 0 aliphatic rings. The Morgan fingerprint density at radius 3 is 2.50 bits per heavy atom. The molecule has 70 valence electrons. The van der Waals surface area contributed by atoms with E-state index in [-0.39, 0.29) is 19.6 Å². The van der Waals surface area contributed by atoms with Crippen LogP contribution in [0.5, 0.6) is 0 Å². The van der Waals surface area contributed by atoms with E-state index in [2.05, 4.69) is 5.32 Å². The van der Waals surface area contributed by atoms with E-state index in [1.165, 1.54) is 0 Å². The summed E-state index contributed by atoms with van der Waals surface area (Å²) in [5, 5.41) is 10.6. The molecule has 0 radical (unpaired) electrons. The summed E-state index contributed by atoms with van der Waals surface area (Å²) in [4.78, 5) is 21.2. The molecule has 6 N–H and O–H groups in total. The lowest BCUT2D eigenvalue weighted by molar-refractivity contribution is -0.126. The van der Waals surface area contributed by atoms with Crippen molar-refractivity contribution in [3.8, 4) is 0 Å². The van der Waals surface area contributed by atoms with Crippen LogP contribution in [-0.2, 0) is 9.59 Å². The van der Waals surface area contributed by atoms with Crippen LogP contribution >= 0.6 is 0 Å². The number of nitrogens with two attached hydrogens (primary N) is 2. The molecule has 0 heterocycles. The second-order valence-corrected chi connectivity index (χ2v) is 2.29. The third-order valence-electron chi connectivity index (χ3n) is 1.17. The van der Waals surface area contributed by atoms with Crippen LogP contribution in [-0.4, -0.2) is 36.1 Å². The predicted octanol–water partition coefficient (Wildman–Crippen LogP) is -2.70. The Balaban J connectivity index is 3.69. The van der Waals surface area contributed by atoms with Gasteiger partial charge >= 0.3 is 0 Å². The molecule has 0 aromatic rings. The first-order valence-electron chi connectivity index (χ1n) is 3.50. The SMILES string of the molecule is NC(=O)CC(N)C(=O)NCCO. The number of nitrogens with one attached hydrogen (secondary N) is 1. The minimum atomic E-state index is -0.922. The molecule has 1 atom stereocenters. The highest BCUT2D eigenvalue weighted by Crippen LogP contribution is 1.85. The first kappa shape index (κ1) is 10.9. The summed E-state index contributed by atoms with van der Waals surface area (Å²) in [5.74, 6) is -1.11. The van der Waals surface area contributed by atoms with E-state index in [9.17, 15) is 9.59 Å². The van der Waals surface area contributed by atoms with Crippen LogP contribution in [0.4, 0.5) is 0 Å². The van der Waals surface area contributed by atoms with Gasteiger partial charge in [-0.15, -0.1) is 0 Å². The van der Waals surface area contributed by atoms with Gasteiger partial charge in [0.1, 0.15) is 0 Å². The number of hydrogen-bond acceptors (Lipinski definition) is 4. The molecule has 0 aliphatic carbocycles. The summed E-state index contributed by atoms with van der Waals surface area (Å²) in [5.41, 5.74) is 10.1. The van der Waals surface area contributed by atoms with Crippen LogP contribution < -0.4 is 16.8 Å². The van der Waals surface area contributed by atoms with Gasteiger partial charge in [-0.1, -0.05) is 0 Å². The Kier molecular flexibility index (Phi) is 4.98. The topological polar surface area (TPSA) is 118 Å². The van der Waals surface area contributed by atoms with E-state index in [1.54, 1.807) is 0 Å². The lowest BCUT2D eigenvalue weighted by Crippen LogP contribution is -2.43. The summed E-state index contributed by atoms with van der Waals surface area (Å²) in [7, 11) is 0. The second-order valence-electron chi connectivity index (χ2n) is 2.29. The molecule has 0 aliphatic heterocycles. The molecule has 0 bridgehead atoms. The van der Waals surface area contributed by atoms with E-state index >= 15 is 0 Å². The summed E-state index contributed by atoms with van der Waals surface area (Å²) in [6.45, 7) is -0.0275. The van der Waals surface area contributed by atoms with Crippen molar-refractivity contribution < 1.29 is 14.7 Å². The normalized spacial score (nSPS) is 12.2. The number of aliphatic hydroxyl groups excluding tert-OH is 1. The average molecular weight is 175 g/mol. The highest BCUT2D eigenvalue weighted by molar-refractivity contribution is 5.87. The van der Waals surface area contributed by atoms with Gasteiger partial charge in [-0.3, -0.25) is 9.59 Å². The third-order valence-corrected chi connectivity index (χ3v) is 1.17. The largest absolute Gasteiger partial charge is 0.395 e. The molecule has 0 aromatic heterocycles. The van der Waals surface area contributed by atoms with Gasteiger partial charge in [0.05, 0.1) is 19.1 Å². The first-order chi connectivity index (χ1) is 5.57. The molecule has 0 spiro atoms. The van der Waals surface area contributed by atoms with Crippen LogP contribution in [0.15, 0.2) is 0 Å². The summed E-state index contributed by atoms with van der Waals surface area (Å²) in [6, 6.07) is -0.922. The highest BCUT2D eigenvalue weighted by atomic mass is 16.3. The van der Waals surface area contributed by atoms with Crippen molar-refractivity contribution in [3.63, 3.8) is 0 Å². The van der Waals surface area contributed by atoms with Crippen molar-refractivity contribution in [1.29, 1.82) is 0 Å². The average Bonchev–Trinajstić information content (AvgIpc) is 1.98. The first-order valence-corrected chi connectivity index (χ1v) is 3.50. The number of carbonyl (C=O) groups is 2. The zero-order chi connectivity index (χ0) is 9.56. The summed E-state index contributed by atoms with van der Waals surface area (Å²) in [6.07, 6.45) is -0.183. The van der Waals surface area contributed by atoms with Gasteiger partial charge in [0.25, 0.3) is 0 Å². The fourth-order valence-corrected chi connectivity index (χ4v) is 0.620. The maximum absolute atomic E-state index is 10.9. The minimum absolute atomic E-state index is 0.130.